The summed E-state index contributed by atoms with van der Waals surface area (Å²) in [5, 5.41) is 6.32. The van der Waals surface area contributed by atoms with Gasteiger partial charge in [-0.1, -0.05) is 11.6 Å². The summed E-state index contributed by atoms with van der Waals surface area (Å²) in [6, 6.07) is 5.83. The lowest BCUT2D eigenvalue weighted by atomic mass is 10.3. The first kappa shape index (κ1) is 12.6. The van der Waals surface area contributed by atoms with Crippen LogP contribution in [0.4, 0.5) is 21.7 Å². The first-order chi connectivity index (χ1) is 8.58. The van der Waals surface area contributed by atoms with Crippen molar-refractivity contribution in [1.29, 1.82) is 0 Å². The Balaban J connectivity index is 2.33. The molecule has 0 unspecified atom stereocenters. The van der Waals surface area contributed by atoms with Gasteiger partial charge in [0.25, 0.3) is 0 Å². The van der Waals surface area contributed by atoms with Crippen molar-refractivity contribution in [1.82, 2.24) is 9.97 Å². The Hall–Kier alpha value is -1.88. The van der Waals surface area contributed by atoms with Crippen molar-refractivity contribution in [3.63, 3.8) is 0 Å². The van der Waals surface area contributed by atoms with E-state index in [2.05, 4.69) is 20.6 Å². The zero-order valence-electron chi connectivity index (χ0n) is 9.96. The lowest BCUT2D eigenvalue weighted by Crippen LogP contribution is -2.01. The van der Waals surface area contributed by atoms with E-state index in [0.29, 0.717) is 28.2 Å². The highest BCUT2D eigenvalue weighted by atomic mass is 35.5. The van der Waals surface area contributed by atoms with Crippen LogP contribution in [0.5, 0.6) is 0 Å². The second kappa shape index (κ2) is 5.18. The molecular formula is C12H12ClFN4. The van der Waals surface area contributed by atoms with Crippen LogP contribution in [-0.4, -0.2) is 17.0 Å². The molecule has 1 aromatic carbocycles. The quantitative estimate of drug-likeness (QED) is 0.894. The summed E-state index contributed by atoms with van der Waals surface area (Å²) in [4.78, 5) is 8.37. The number of hydrogen-bond donors (Lipinski definition) is 2. The van der Waals surface area contributed by atoms with Crippen LogP contribution in [0.15, 0.2) is 24.3 Å². The predicted octanol–water partition coefficient (Wildman–Crippen LogP) is 3.36. The van der Waals surface area contributed by atoms with Crippen LogP contribution in [0.3, 0.4) is 0 Å². The van der Waals surface area contributed by atoms with Crippen molar-refractivity contribution in [2.24, 2.45) is 0 Å². The van der Waals surface area contributed by atoms with Crippen LogP contribution in [0.25, 0.3) is 0 Å². The molecule has 0 radical (unpaired) electrons. The molecule has 0 saturated carbocycles. The molecule has 0 bridgehead atoms. The number of nitrogens with zero attached hydrogens (tertiary/aromatic N) is 2. The van der Waals surface area contributed by atoms with Crippen molar-refractivity contribution in [2.45, 2.75) is 6.92 Å². The smallest absolute Gasteiger partial charge is 0.136 e. The van der Waals surface area contributed by atoms with E-state index in [9.17, 15) is 4.39 Å². The molecule has 2 aromatic rings. The van der Waals surface area contributed by atoms with E-state index in [1.54, 1.807) is 20.0 Å². The Morgan fingerprint density at radius 3 is 2.61 bits per heavy atom. The summed E-state index contributed by atoms with van der Waals surface area (Å²) in [7, 11) is 1.76. The molecule has 0 amide bonds. The number of benzene rings is 1. The molecule has 1 aromatic heterocycles. The lowest BCUT2D eigenvalue weighted by Gasteiger charge is -2.09. The molecule has 0 spiro atoms. The molecule has 0 atom stereocenters. The minimum Gasteiger partial charge on any atom is -0.373 e. The number of anilines is 3. The van der Waals surface area contributed by atoms with Gasteiger partial charge in [0.15, 0.2) is 0 Å². The molecule has 6 heteroatoms. The van der Waals surface area contributed by atoms with Crippen LogP contribution in [0, 0.1) is 12.7 Å². The van der Waals surface area contributed by atoms with Crippen LogP contribution < -0.4 is 10.6 Å². The highest BCUT2D eigenvalue weighted by molar-refractivity contribution is 6.33. The Morgan fingerprint density at radius 1 is 1.17 bits per heavy atom. The zero-order chi connectivity index (χ0) is 13.1. The topological polar surface area (TPSA) is 49.8 Å². The second-order valence-corrected chi connectivity index (χ2v) is 4.09. The molecule has 1 heterocycles. The maximum absolute atomic E-state index is 13.1. The Morgan fingerprint density at radius 2 is 1.89 bits per heavy atom. The third-order valence-corrected chi connectivity index (χ3v) is 2.61. The summed E-state index contributed by atoms with van der Waals surface area (Å²) >= 11 is 5.97. The van der Waals surface area contributed by atoms with Gasteiger partial charge in [-0.3, -0.25) is 0 Å². The highest BCUT2D eigenvalue weighted by Crippen LogP contribution is 2.26. The molecule has 94 valence electrons. The standard InChI is InChI=1S/C12H12ClFN4/c1-7-16-11(15-2)6-12(17-7)18-10-5-8(14)3-4-9(10)13/h3-6H,1-2H3,(H2,15,16,17,18). The average molecular weight is 267 g/mol. The number of nitrogens with one attached hydrogen (secondary N) is 2. The lowest BCUT2D eigenvalue weighted by molar-refractivity contribution is 0.628. The minimum absolute atomic E-state index is 0.360. The summed E-state index contributed by atoms with van der Waals surface area (Å²) in [5.41, 5.74) is 0.469. The number of aryl methyl sites for hydroxylation is 1. The monoisotopic (exact) mass is 266 g/mol. The molecule has 0 aliphatic rings. The van der Waals surface area contributed by atoms with Crippen LogP contribution in [-0.2, 0) is 0 Å². The second-order valence-electron chi connectivity index (χ2n) is 3.68. The van der Waals surface area contributed by atoms with Crippen molar-refractivity contribution >= 4 is 28.9 Å². The van der Waals surface area contributed by atoms with Crippen LogP contribution >= 0.6 is 11.6 Å². The van der Waals surface area contributed by atoms with Gasteiger partial charge in [0.1, 0.15) is 23.3 Å². The number of hydrogen-bond acceptors (Lipinski definition) is 4. The van der Waals surface area contributed by atoms with Gasteiger partial charge in [-0.2, -0.15) is 0 Å². The van der Waals surface area contributed by atoms with Crippen molar-refractivity contribution in [3.8, 4) is 0 Å². The Kier molecular flexibility index (Phi) is 3.62. The first-order valence-corrected chi connectivity index (χ1v) is 5.72. The summed E-state index contributed by atoms with van der Waals surface area (Å²) in [5.74, 6) is 1.48. The van der Waals surface area contributed by atoms with Crippen molar-refractivity contribution in [3.05, 3.63) is 40.9 Å². The van der Waals surface area contributed by atoms with E-state index in [0.717, 1.165) is 0 Å². The molecule has 18 heavy (non-hydrogen) atoms. The maximum Gasteiger partial charge on any atom is 0.136 e. The fourth-order valence-electron chi connectivity index (χ4n) is 1.49. The molecule has 4 nitrogen and oxygen atoms in total. The summed E-state index contributed by atoms with van der Waals surface area (Å²) < 4.78 is 13.1. The molecular weight excluding hydrogens is 255 g/mol. The molecule has 2 rings (SSSR count). The van der Waals surface area contributed by atoms with Gasteiger partial charge in [0, 0.05) is 13.1 Å². The Bertz CT molecular complexity index is 574. The van der Waals surface area contributed by atoms with E-state index in [1.807, 2.05) is 0 Å². The molecule has 0 fully saturated rings. The highest BCUT2D eigenvalue weighted by Gasteiger charge is 2.05. The van der Waals surface area contributed by atoms with E-state index in [1.165, 1.54) is 18.2 Å². The fraction of sp³-hybridized carbons (Fsp3) is 0.167. The summed E-state index contributed by atoms with van der Waals surface area (Å²) in [6.07, 6.45) is 0. The van der Waals surface area contributed by atoms with Crippen LogP contribution in [0.1, 0.15) is 5.82 Å². The molecule has 0 saturated heterocycles. The van der Waals surface area contributed by atoms with E-state index >= 15 is 0 Å². The van der Waals surface area contributed by atoms with Gasteiger partial charge in [-0.05, 0) is 25.1 Å². The SMILES string of the molecule is CNc1cc(Nc2cc(F)ccc2Cl)nc(C)n1. The predicted molar refractivity (Wildman–Crippen MR) is 71.0 cm³/mol. The number of rotatable bonds is 3. The normalized spacial score (nSPS) is 10.2. The number of aromatic nitrogens is 2. The maximum atomic E-state index is 13.1. The molecule has 0 aliphatic heterocycles. The fourth-order valence-corrected chi connectivity index (χ4v) is 1.66. The van der Waals surface area contributed by atoms with Gasteiger partial charge >= 0.3 is 0 Å². The Labute approximate surface area is 109 Å². The van der Waals surface area contributed by atoms with Gasteiger partial charge in [0.05, 0.1) is 10.7 Å². The van der Waals surface area contributed by atoms with Crippen LogP contribution in [0.2, 0.25) is 5.02 Å². The van der Waals surface area contributed by atoms with E-state index in [-0.39, 0.29) is 5.82 Å². The first-order valence-electron chi connectivity index (χ1n) is 5.34. The average Bonchev–Trinajstić information content (AvgIpc) is 2.33. The minimum atomic E-state index is -0.360. The van der Waals surface area contributed by atoms with Crippen molar-refractivity contribution in [2.75, 3.05) is 17.7 Å². The van der Waals surface area contributed by atoms with E-state index < -0.39 is 0 Å². The van der Waals surface area contributed by atoms with Gasteiger partial charge in [-0.25, -0.2) is 14.4 Å². The molecule has 0 aliphatic carbocycles. The molecule has 2 N–H and O–H groups in total. The largest absolute Gasteiger partial charge is 0.373 e. The van der Waals surface area contributed by atoms with Gasteiger partial charge in [0.2, 0.25) is 0 Å². The van der Waals surface area contributed by atoms with Crippen molar-refractivity contribution < 1.29 is 4.39 Å². The third kappa shape index (κ3) is 2.87. The summed E-state index contributed by atoms with van der Waals surface area (Å²) in [6.45, 7) is 1.78. The van der Waals surface area contributed by atoms with Gasteiger partial charge in [-0.15, -0.1) is 0 Å². The van der Waals surface area contributed by atoms with E-state index in [4.69, 9.17) is 11.6 Å². The van der Waals surface area contributed by atoms with Gasteiger partial charge < -0.3 is 10.6 Å². The zero-order valence-corrected chi connectivity index (χ0v) is 10.7. The third-order valence-electron chi connectivity index (χ3n) is 2.29. The number of halogens is 2.